The Balaban J connectivity index is 2.13. The number of hydrogen-bond acceptors (Lipinski definition) is 5. The van der Waals surface area contributed by atoms with Gasteiger partial charge >= 0.3 is 17.3 Å². The van der Waals surface area contributed by atoms with Crippen molar-refractivity contribution in [3.05, 3.63) is 84.7 Å². The molecule has 3 rings (SSSR count). The first-order valence-electron chi connectivity index (χ1n) is 10.4. The standard InChI is InChI=1S/C23H25BrN4O5/c1-14(2)33-19-9-8-17(12-18(19)24)25-21-26-22(31)27(11-10-20(29)30)23(32)28(21)13-16-6-4-15(3)5-7-16/h4-9,12,14H,10-11,13H2,1-3H3,(H,29,30)(H,25,26,31). The quantitative estimate of drug-likeness (QED) is 0.477. The fourth-order valence-corrected chi connectivity index (χ4v) is 3.56. The van der Waals surface area contributed by atoms with E-state index >= 15 is 0 Å². The van der Waals surface area contributed by atoms with Crippen molar-refractivity contribution in [2.75, 3.05) is 0 Å². The lowest BCUT2D eigenvalue weighted by atomic mass is 10.1. The van der Waals surface area contributed by atoms with Gasteiger partial charge in [0.2, 0.25) is 5.62 Å². The van der Waals surface area contributed by atoms with Gasteiger partial charge in [0, 0.05) is 6.54 Å². The molecule has 1 heterocycles. The van der Waals surface area contributed by atoms with E-state index in [2.05, 4.69) is 25.9 Å². The van der Waals surface area contributed by atoms with Crippen molar-refractivity contribution in [3.63, 3.8) is 0 Å². The number of H-pyrrole nitrogens is 1. The fourth-order valence-electron chi connectivity index (χ4n) is 3.10. The van der Waals surface area contributed by atoms with Crippen LogP contribution in [0.3, 0.4) is 0 Å². The Morgan fingerprint density at radius 2 is 1.85 bits per heavy atom. The van der Waals surface area contributed by atoms with Gasteiger partial charge in [0.25, 0.3) is 0 Å². The van der Waals surface area contributed by atoms with Crippen LogP contribution in [0.5, 0.6) is 5.75 Å². The maximum absolute atomic E-state index is 13.2. The van der Waals surface area contributed by atoms with Gasteiger partial charge in [-0.15, -0.1) is 0 Å². The molecule has 0 unspecified atom stereocenters. The van der Waals surface area contributed by atoms with Crippen LogP contribution >= 0.6 is 15.9 Å². The molecular formula is C23H25BrN4O5. The molecule has 33 heavy (non-hydrogen) atoms. The number of benzene rings is 2. The second-order valence-electron chi connectivity index (χ2n) is 7.80. The molecule has 0 fully saturated rings. The summed E-state index contributed by atoms with van der Waals surface area (Å²) in [6, 6.07) is 12.8. The number of aromatic nitrogens is 3. The number of nitrogens with one attached hydrogen (secondary N) is 1. The van der Waals surface area contributed by atoms with Crippen LogP contribution in [0, 0.1) is 6.92 Å². The summed E-state index contributed by atoms with van der Waals surface area (Å²) >= 11 is 3.46. The highest BCUT2D eigenvalue weighted by Crippen LogP contribution is 2.29. The lowest BCUT2D eigenvalue weighted by molar-refractivity contribution is -0.137. The first-order chi connectivity index (χ1) is 15.6. The maximum atomic E-state index is 13.2. The number of carboxylic acid groups (broad SMARTS) is 1. The molecule has 0 atom stereocenters. The Hall–Kier alpha value is -3.40. The zero-order valence-electron chi connectivity index (χ0n) is 18.5. The average molecular weight is 517 g/mol. The normalized spacial score (nSPS) is 11.7. The van der Waals surface area contributed by atoms with E-state index in [0.717, 1.165) is 15.7 Å². The van der Waals surface area contributed by atoms with Crippen molar-refractivity contribution < 1.29 is 14.6 Å². The number of nitrogens with zero attached hydrogens (tertiary/aromatic N) is 3. The Bertz CT molecular complexity index is 1340. The fraction of sp³-hybridized carbons (Fsp3) is 0.304. The molecule has 9 nitrogen and oxygen atoms in total. The molecule has 3 aromatic rings. The molecule has 0 bridgehead atoms. The topological polar surface area (TPSA) is 119 Å². The summed E-state index contributed by atoms with van der Waals surface area (Å²) < 4.78 is 8.58. The van der Waals surface area contributed by atoms with E-state index in [1.54, 1.807) is 18.2 Å². The SMILES string of the molecule is Cc1ccc(Cn2c(=O)n(CCC(=O)O)c(=O)[nH]/c2=N\c2ccc(OC(C)C)c(Br)c2)cc1. The van der Waals surface area contributed by atoms with Crippen LogP contribution in [-0.2, 0) is 17.9 Å². The summed E-state index contributed by atoms with van der Waals surface area (Å²) in [5.41, 5.74) is 1.09. The number of aromatic amines is 1. The number of aliphatic carboxylic acids is 1. The molecule has 0 aliphatic heterocycles. The molecule has 2 N–H and O–H groups in total. The molecule has 0 saturated heterocycles. The molecule has 0 aliphatic carbocycles. The van der Waals surface area contributed by atoms with Crippen LogP contribution in [0.4, 0.5) is 5.69 Å². The van der Waals surface area contributed by atoms with Gasteiger partial charge in [0.05, 0.1) is 29.2 Å². The van der Waals surface area contributed by atoms with Crippen LogP contribution < -0.4 is 21.7 Å². The zero-order chi connectivity index (χ0) is 24.1. The number of hydrogen-bond donors (Lipinski definition) is 2. The van der Waals surface area contributed by atoms with Gasteiger partial charge in [0.15, 0.2) is 0 Å². The van der Waals surface area contributed by atoms with E-state index in [4.69, 9.17) is 9.84 Å². The highest BCUT2D eigenvalue weighted by molar-refractivity contribution is 9.10. The first kappa shape index (κ1) is 24.2. The Morgan fingerprint density at radius 3 is 2.45 bits per heavy atom. The van der Waals surface area contributed by atoms with E-state index in [1.165, 1.54) is 4.57 Å². The summed E-state index contributed by atoms with van der Waals surface area (Å²) in [6.07, 6.45) is -0.357. The minimum atomic E-state index is -1.10. The maximum Gasteiger partial charge on any atom is 0.335 e. The highest BCUT2D eigenvalue weighted by Gasteiger charge is 2.12. The number of halogens is 1. The van der Waals surface area contributed by atoms with Gasteiger partial charge in [0.1, 0.15) is 5.75 Å². The number of aryl methyl sites for hydroxylation is 1. The van der Waals surface area contributed by atoms with Crippen molar-refractivity contribution >= 4 is 27.6 Å². The average Bonchev–Trinajstić information content (AvgIpc) is 2.73. The minimum Gasteiger partial charge on any atom is -0.490 e. The van der Waals surface area contributed by atoms with Crippen LogP contribution in [-0.4, -0.2) is 31.3 Å². The minimum absolute atomic E-state index is 0.00416. The van der Waals surface area contributed by atoms with Gasteiger partial charge in [-0.2, -0.15) is 0 Å². The van der Waals surface area contributed by atoms with E-state index in [-0.39, 0.29) is 31.2 Å². The highest BCUT2D eigenvalue weighted by atomic mass is 79.9. The van der Waals surface area contributed by atoms with Crippen LogP contribution in [0.25, 0.3) is 0 Å². The van der Waals surface area contributed by atoms with Crippen LogP contribution in [0.1, 0.15) is 31.4 Å². The summed E-state index contributed by atoms with van der Waals surface area (Å²) in [4.78, 5) is 43.8. The summed E-state index contributed by atoms with van der Waals surface area (Å²) in [5, 5.41) is 8.97. The van der Waals surface area contributed by atoms with Crippen molar-refractivity contribution in [1.82, 2.24) is 14.1 Å². The van der Waals surface area contributed by atoms with E-state index < -0.39 is 17.3 Å². The largest absolute Gasteiger partial charge is 0.490 e. The lowest BCUT2D eigenvalue weighted by Gasteiger charge is -2.12. The second-order valence-corrected chi connectivity index (χ2v) is 8.65. The summed E-state index contributed by atoms with van der Waals surface area (Å²) in [6.45, 7) is 5.70. The molecule has 10 heteroatoms. The molecule has 0 spiro atoms. The summed E-state index contributed by atoms with van der Waals surface area (Å²) in [5.74, 6) is -0.456. The Labute approximate surface area is 198 Å². The van der Waals surface area contributed by atoms with Gasteiger partial charge in [-0.05, 0) is 60.5 Å². The molecule has 2 aromatic carbocycles. The third-order valence-corrected chi connectivity index (χ3v) is 5.32. The third-order valence-electron chi connectivity index (χ3n) is 4.71. The summed E-state index contributed by atoms with van der Waals surface area (Å²) in [7, 11) is 0. The van der Waals surface area contributed by atoms with Gasteiger partial charge in [-0.25, -0.2) is 19.1 Å². The lowest BCUT2D eigenvalue weighted by Crippen LogP contribution is -2.50. The number of carbonyl (C=O) groups is 1. The van der Waals surface area contributed by atoms with E-state index in [0.29, 0.717) is 15.9 Å². The van der Waals surface area contributed by atoms with Gasteiger partial charge in [-0.1, -0.05) is 29.8 Å². The Kier molecular flexibility index (Phi) is 7.70. The van der Waals surface area contributed by atoms with Crippen molar-refractivity contribution in [3.8, 4) is 5.75 Å². The first-order valence-corrected chi connectivity index (χ1v) is 11.2. The smallest absolute Gasteiger partial charge is 0.335 e. The van der Waals surface area contributed by atoms with Crippen molar-refractivity contribution in [1.29, 1.82) is 0 Å². The number of rotatable bonds is 8. The molecule has 0 aliphatic rings. The zero-order valence-corrected chi connectivity index (χ0v) is 20.1. The van der Waals surface area contributed by atoms with E-state index in [1.807, 2.05) is 45.0 Å². The molecule has 174 valence electrons. The van der Waals surface area contributed by atoms with E-state index in [9.17, 15) is 14.4 Å². The predicted molar refractivity (Wildman–Crippen MR) is 127 cm³/mol. The van der Waals surface area contributed by atoms with Crippen LogP contribution in [0.2, 0.25) is 0 Å². The monoisotopic (exact) mass is 516 g/mol. The van der Waals surface area contributed by atoms with Crippen molar-refractivity contribution in [2.45, 2.75) is 46.4 Å². The van der Waals surface area contributed by atoms with Crippen LogP contribution in [0.15, 0.2) is 61.5 Å². The molecular weight excluding hydrogens is 492 g/mol. The van der Waals surface area contributed by atoms with Crippen molar-refractivity contribution in [2.24, 2.45) is 4.99 Å². The second kappa shape index (κ2) is 10.5. The Morgan fingerprint density at radius 1 is 1.15 bits per heavy atom. The molecule has 0 radical (unpaired) electrons. The predicted octanol–water partition coefficient (Wildman–Crippen LogP) is 2.95. The molecule has 1 aromatic heterocycles. The van der Waals surface area contributed by atoms with Gasteiger partial charge < -0.3 is 9.84 Å². The molecule has 0 amide bonds. The number of carboxylic acids is 1. The molecule has 0 saturated carbocycles. The number of ether oxygens (including phenoxy) is 1. The van der Waals surface area contributed by atoms with Gasteiger partial charge in [-0.3, -0.25) is 14.3 Å². The third kappa shape index (κ3) is 6.32.